The van der Waals surface area contributed by atoms with Crippen molar-refractivity contribution >= 4 is 0 Å². The van der Waals surface area contributed by atoms with E-state index in [4.69, 9.17) is 15.3 Å². The maximum Gasteiger partial charge on any atom is 0.405 e. The van der Waals surface area contributed by atoms with Crippen LogP contribution in [0.25, 0.3) is 0 Å². The molecule has 1 fully saturated rings. The topological polar surface area (TPSA) is 73.2 Å². The first-order valence-corrected chi connectivity index (χ1v) is 4.08. The number of nitrogens with zero attached hydrogens (tertiary/aromatic N) is 1. The lowest BCUT2D eigenvalue weighted by atomic mass is 10.3. The maximum atomic E-state index is 8.51. The van der Waals surface area contributed by atoms with Gasteiger partial charge >= 0.3 is 6.16 Å². The minimum atomic E-state index is -2.98. The van der Waals surface area contributed by atoms with Crippen LogP contribution in [0.2, 0.25) is 0 Å². The molecule has 1 rings (SSSR count). The number of hydrogen-bond donors (Lipinski definition) is 3. The molecule has 5 heteroatoms. The monoisotopic (exact) mass is 177 g/mol. The molecule has 0 saturated carbocycles. The summed E-state index contributed by atoms with van der Waals surface area (Å²) in [6.45, 7) is 4.44. The molecule has 1 atom stereocenters. The molecule has 1 saturated heterocycles. The Hall–Kier alpha value is -0.200. The van der Waals surface area contributed by atoms with E-state index >= 15 is 0 Å². The summed E-state index contributed by atoms with van der Waals surface area (Å²) >= 11 is 0. The summed E-state index contributed by atoms with van der Waals surface area (Å²) < 4.78 is 4.56. The standard InChI is InChI=1S/C7H15NO4/c1-2-8-4-3-6(5-8)12-7(9,10)11/h6,9-11H,2-5H2,1H3. The summed E-state index contributed by atoms with van der Waals surface area (Å²) in [5, 5.41) is 25.5. The van der Waals surface area contributed by atoms with E-state index in [9.17, 15) is 0 Å². The van der Waals surface area contributed by atoms with Crippen molar-refractivity contribution in [2.75, 3.05) is 19.6 Å². The molecule has 1 heterocycles. The summed E-state index contributed by atoms with van der Waals surface area (Å²) in [6, 6.07) is 0. The van der Waals surface area contributed by atoms with Gasteiger partial charge in [0.1, 0.15) is 0 Å². The van der Waals surface area contributed by atoms with Crippen LogP contribution in [0.3, 0.4) is 0 Å². The molecule has 0 aliphatic carbocycles. The highest BCUT2D eigenvalue weighted by molar-refractivity contribution is 4.74. The van der Waals surface area contributed by atoms with Crippen molar-refractivity contribution < 1.29 is 20.1 Å². The second kappa shape index (κ2) is 3.68. The summed E-state index contributed by atoms with van der Waals surface area (Å²) in [6.07, 6.45) is -2.55. The third-order valence-corrected chi connectivity index (χ3v) is 2.00. The van der Waals surface area contributed by atoms with Crippen LogP contribution in [0, 0.1) is 0 Å². The Morgan fingerprint density at radius 1 is 1.50 bits per heavy atom. The van der Waals surface area contributed by atoms with Crippen molar-refractivity contribution in [1.29, 1.82) is 0 Å². The van der Waals surface area contributed by atoms with Crippen LogP contribution in [0.4, 0.5) is 0 Å². The van der Waals surface area contributed by atoms with E-state index in [1.807, 2.05) is 6.92 Å². The number of ether oxygens (including phenoxy) is 1. The molecule has 0 aromatic heterocycles. The Morgan fingerprint density at radius 2 is 2.17 bits per heavy atom. The van der Waals surface area contributed by atoms with E-state index in [0.717, 1.165) is 19.5 Å². The predicted octanol–water partition coefficient (Wildman–Crippen LogP) is -1.31. The Morgan fingerprint density at radius 3 is 2.58 bits per heavy atom. The molecule has 12 heavy (non-hydrogen) atoms. The fourth-order valence-electron chi connectivity index (χ4n) is 1.40. The lowest BCUT2D eigenvalue weighted by Gasteiger charge is -2.19. The van der Waals surface area contributed by atoms with E-state index in [0.29, 0.717) is 6.54 Å². The van der Waals surface area contributed by atoms with E-state index < -0.39 is 6.16 Å². The zero-order chi connectivity index (χ0) is 9.19. The van der Waals surface area contributed by atoms with Gasteiger partial charge in [-0.1, -0.05) is 6.92 Å². The van der Waals surface area contributed by atoms with E-state index in [-0.39, 0.29) is 6.10 Å². The summed E-state index contributed by atoms with van der Waals surface area (Å²) in [5.74, 6) is 0. The Labute approximate surface area is 71.2 Å². The number of likely N-dealkylation sites (tertiary alicyclic amines) is 1. The van der Waals surface area contributed by atoms with Crippen LogP contribution in [-0.4, -0.2) is 52.1 Å². The molecule has 0 aromatic rings. The molecule has 0 aromatic carbocycles. The van der Waals surface area contributed by atoms with E-state index in [1.165, 1.54) is 0 Å². The van der Waals surface area contributed by atoms with Crippen LogP contribution in [0.5, 0.6) is 0 Å². The third kappa shape index (κ3) is 3.04. The minimum absolute atomic E-state index is 0.287. The molecular weight excluding hydrogens is 162 g/mol. The molecule has 72 valence electrons. The largest absolute Gasteiger partial charge is 0.405 e. The maximum absolute atomic E-state index is 8.51. The van der Waals surface area contributed by atoms with Gasteiger partial charge in [-0.25, -0.2) is 0 Å². The van der Waals surface area contributed by atoms with Crippen LogP contribution < -0.4 is 0 Å². The van der Waals surface area contributed by atoms with Crippen LogP contribution >= 0.6 is 0 Å². The van der Waals surface area contributed by atoms with Gasteiger partial charge in [0.2, 0.25) is 0 Å². The molecule has 3 N–H and O–H groups in total. The van der Waals surface area contributed by atoms with Crippen molar-refractivity contribution in [3.05, 3.63) is 0 Å². The van der Waals surface area contributed by atoms with Gasteiger partial charge in [-0.05, 0) is 13.0 Å². The first-order chi connectivity index (χ1) is 5.51. The smallest absolute Gasteiger partial charge is 0.319 e. The van der Waals surface area contributed by atoms with Crippen molar-refractivity contribution in [1.82, 2.24) is 4.90 Å². The SMILES string of the molecule is CCN1CCC(OC(O)(O)O)C1. The molecule has 0 spiro atoms. The van der Waals surface area contributed by atoms with E-state index in [2.05, 4.69) is 9.64 Å². The molecule has 1 aliphatic rings. The second-order valence-corrected chi connectivity index (χ2v) is 3.00. The van der Waals surface area contributed by atoms with Crippen LogP contribution in [-0.2, 0) is 4.74 Å². The van der Waals surface area contributed by atoms with Gasteiger partial charge in [0.05, 0.1) is 6.10 Å². The van der Waals surface area contributed by atoms with Gasteiger partial charge in [-0.2, -0.15) is 0 Å². The Bertz CT molecular complexity index is 145. The molecule has 1 aliphatic heterocycles. The molecule has 5 nitrogen and oxygen atoms in total. The van der Waals surface area contributed by atoms with Gasteiger partial charge in [0, 0.05) is 13.1 Å². The minimum Gasteiger partial charge on any atom is -0.319 e. The van der Waals surface area contributed by atoms with Crippen molar-refractivity contribution in [3.63, 3.8) is 0 Å². The first kappa shape index (κ1) is 9.88. The lowest BCUT2D eigenvalue weighted by Crippen LogP contribution is -2.37. The van der Waals surface area contributed by atoms with Crippen LogP contribution in [0.1, 0.15) is 13.3 Å². The fourth-order valence-corrected chi connectivity index (χ4v) is 1.40. The highest BCUT2D eigenvalue weighted by atomic mass is 16.9. The molecule has 1 unspecified atom stereocenters. The Kier molecular flexibility index (Phi) is 3.03. The third-order valence-electron chi connectivity index (χ3n) is 2.00. The predicted molar refractivity (Wildman–Crippen MR) is 41.0 cm³/mol. The average molecular weight is 177 g/mol. The quantitative estimate of drug-likeness (QED) is 0.467. The lowest BCUT2D eigenvalue weighted by molar-refractivity contribution is -0.464. The Balaban J connectivity index is 2.28. The van der Waals surface area contributed by atoms with Gasteiger partial charge < -0.3 is 20.2 Å². The highest BCUT2D eigenvalue weighted by Crippen LogP contribution is 2.15. The summed E-state index contributed by atoms with van der Waals surface area (Å²) in [7, 11) is 0. The second-order valence-electron chi connectivity index (χ2n) is 3.00. The first-order valence-electron chi connectivity index (χ1n) is 4.08. The number of hydrogen-bond acceptors (Lipinski definition) is 5. The zero-order valence-electron chi connectivity index (χ0n) is 7.10. The van der Waals surface area contributed by atoms with E-state index in [1.54, 1.807) is 0 Å². The van der Waals surface area contributed by atoms with Crippen LogP contribution in [0.15, 0.2) is 0 Å². The number of rotatable bonds is 3. The number of likely N-dealkylation sites (N-methyl/N-ethyl adjacent to an activating group) is 1. The average Bonchev–Trinajstić information content (AvgIpc) is 2.32. The molecule has 0 bridgehead atoms. The van der Waals surface area contributed by atoms with Crippen molar-refractivity contribution in [2.45, 2.75) is 25.6 Å². The molecule has 0 amide bonds. The number of aliphatic hydroxyl groups is 3. The van der Waals surface area contributed by atoms with Crippen molar-refractivity contribution in [2.24, 2.45) is 0 Å². The fraction of sp³-hybridized carbons (Fsp3) is 1.00. The van der Waals surface area contributed by atoms with Crippen molar-refractivity contribution in [3.8, 4) is 0 Å². The normalized spacial score (nSPS) is 26.5. The summed E-state index contributed by atoms with van der Waals surface area (Å²) in [4.78, 5) is 2.11. The summed E-state index contributed by atoms with van der Waals surface area (Å²) in [5.41, 5.74) is 0. The zero-order valence-corrected chi connectivity index (χ0v) is 7.10. The highest BCUT2D eigenvalue weighted by Gasteiger charge is 2.30. The molecule has 0 radical (unpaired) electrons. The van der Waals surface area contributed by atoms with Gasteiger partial charge in [-0.15, -0.1) is 0 Å². The van der Waals surface area contributed by atoms with Gasteiger partial charge in [0.15, 0.2) is 0 Å². The van der Waals surface area contributed by atoms with Gasteiger partial charge in [0.25, 0.3) is 0 Å². The van der Waals surface area contributed by atoms with Gasteiger partial charge in [-0.3, -0.25) is 4.74 Å². The molecular formula is C7H15NO4.